The van der Waals surface area contributed by atoms with Crippen LogP contribution in [-0.4, -0.2) is 76.3 Å². The first-order valence-corrected chi connectivity index (χ1v) is 11.6. The molecule has 0 unspecified atom stereocenters. The average molecular weight is 512 g/mol. The van der Waals surface area contributed by atoms with Gasteiger partial charge in [-0.25, -0.2) is 14.6 Å². The molecule has 2 amide bonds. The lowest BCUT2D eigenvalue weighted by molar-refractivity contribution is -0.0817. The number of methoxy groups -OCH3 is 1. The summed E-state index contributed by atoms with van der Waals surface area (Å²) in [5.41, 5.74) is -1.33. The molecule has 0 N–H and O–H groups in total. The number of ether oxygens (including phenoxy) is 5. The van der Waals surface area contributed by atoms with Gasteiger partial charge in [-0.3, -0.25) is 0 Å². The third-order valence-electron chi connectivity index (χ3n) is 4.02. The molecular weight excluding hydrogens is 474 g/mol. The fourth-order valence-corrected chi connectivity index (χ4v) is 2.60. The predicted molar refractivity (Wildman–Crippen MR) is 130 cm³/mol. The van der Waals surface area contributed by atoms with E-state index in [2.05, 4.69) is 15.0 Å². The van der Waals surface area contributed by atoms with Gasteiger partial charge in [0.15, 0.2) is 5.52 Å². The lowest BCUT2D eigenvalue weighted by atomic mass is 10.2. The van der Waals surface area contributed by atoms with Crippen LogP contribution in [0, 0.1) is 0 Å². The molecule has 36 heavy (non-hydrogen) atoms. The minimum absolute atomic E-state index is 0.0311. The number of nitrogens with zero attached hydrogens (tertiary/aromatic N) is 5. The van der Waals surface area contributed by atoms with Crippen LogP contribution < -0.4 is 14.5 Å². The van der Waals surface area contributed by atoms with Crippen molar-refractivity contribution in [2.75, 3.05) is 32.0 Å². The molecule has 13 heteroatoms. The van der Waals surface area contributed by atoms with Gasteiger partial charge in [0.05, 0.1) is 19.8 Å². The van der Waals surface area contributed by atoms with Crippen LogP contribution in [0.3, 0.4) is 0 Å². The van der Waals surface area contributed by atoms with Crippen molar-refractivity contribution in [1.82, 2.24) is 19.7 Å². The Kier molecular flexibility index (Phi) is 9.82. The zero-order valence-electron chi connectivity index (χ0n) is 22.5. The number of fused-ring (bicyclic) bond motifs is 1. The first-order chi connectivity index (χ1) is 16.7. The van der Waals surface area contributed by atoms with Crippen molar-refractivity contribution >= 4 is 29.3 Å². The van der Waals surface area contributed by atoms with Gasteiger partial charge < -0.3 is 28.5 Å². The Morgan fingerprint density at radius 3 is 2.14 bits per heavy atom. The zero-order chi connectivity index (χ0) is 27.1. The maximum atomic E-state index is 13.0. The van der Waals surface area contributed by atoms with Crippen molar-refractivity contribution in [1.29, 1.82) is 0 Å². The topological polar surface area (TPSA) is 136 Å². The standard InChI is InChI=1S/C23H37N5O8/c1-15(2)33-14-32-11-10-12-34-27-13-24-16-17(27)25-19(26-18(16)31-9)28(20(29)35-22(3,4)5)21(30)36-23(6,7)8/h13,15H,10-12,14H2,1-9H3. The van der Waals surface area contributed by atoms with Crippen LogP contribution in [0.1, 0.15) is 61.8 Å². The molecule has 0 radical (unpaired) electrons. The Morgan fingerprint density at radius 2 is 1.61 bits per heavy atom. The lowest BCUT2D eigenvalue weighted by Crippen LogP contribution is -2.44. The fourth-order valence-electron chi connectivity index (χ4n) is 2.60. The van der Waals surface area contributed by atoms with E-state index >= 15 is 0 Å². The zero-order valence-corrected chi connectivity index (χ0v) is 22.5. The SMILES string of the molecule is COc1nc(N(C(=O)OC(C)(C)C)C(=O)OC(C)(C)C)nc2c1ncn2OCCCOCOC(C)C. The van der Waals surface area contributed by atoms with E-state index in [0.717, 1.165) is 0 Å². The summed E-state index contributed by atoms with van der Waals surface area (Å²) in [5, 5.41) is 0. The number of rotatable bonds is 10. The van der Waals surface area contributed by atoms with Gasteiger partial charge in [0.2, 0.25) is 17.5 Å². The highest BCUT2D eigenvalue weighted by molar-refractivity contribution is 6.08. The second-order valence-corrected chi connectivity index (χ2v) is 10.00. The van der Waals surface area contributed by atoms with E-state index in [0.29, 0.717) is 17.9 Å². The van der Waals surface area contributed by atoms with E-state index in [9.17, 15) is 9.59 Å². The van der Waals surface area contributed by atoms with Crippen LogP contribution in [0.4, 0.5) is 15.5 Å². The molecule has 0 fully saturated rings. The van der Waals surface area contributed by atoms with Crippen LogP contribution in [0.5, 0.6) is 5.88 Å². The van der Waals surface area contributed by atoms with Crippen LogP contribution in [0.25, 0.3) is 11.2 Å². The van der Waals surface area contributed by atoms with E-state index in [1.165, 1.54) is 18.2 Å². The molecule has 2 heterocycles. The van der Waals surface area contributed by atoms with Crippen LogP contribution in [0.15, 0.2) is 6.33 Å². The molecule has 0 atom stereocenters. The van der Waals surface area contributed by atoms with Gasteiger partial charge in [-0.1, -0.05) is 0 Å². The number of hydrogen-bond donors (Lipinski definition) is 0. The minimum Gasteiger partial charge on any atom is -0.479 e. The normalized spacial score (nSPS) is 12.1. The summed E-state index contributed by atoms with van der Waals surface area (Å²) in [6.07, 6.45) is 0.0258. The summed E-state index contributed by atoms with van der Waals surface area (Å²) >= 11 is 0. The number of imide groups is 1. The van der Waals surface area contributed by atoms with Gasteiger partial charge >= 0.3 is 12.2 Å². The van der Waals surface area contributed by atoms with Crippen molar-refractivity contribution in [3.05, 3.63) is 6.33 Å². The average Bonchev–Trinajstić information content (AvgIpc) is 3.12. The highest BCUT2D eigenvalue weighted by Crippen LogP contribution is 2.26. The highest BCUT2D eigenvalue weighted by Gasteiger charge is 2.35. The summed E-state index contributed by atoms with van der Waals surface area (Å²) in [7, 11) is 1.38. The molecule has 0 spiro atoms. The Bertz CT molecular complexity index is 998. The van der Waals surface area contributed by atoms with Gasteiger partial charge in [0, 0.05) is 6.42 Å². The quantitative estimate of drug-likeness (QED) is 0.341. The number of carbonyl (C=O) groups excluding carboxylic acids is 2. The molecule has 2 rings (SSSR count). The van der Waals surface area contributed by atoms with Gasteiger partial charge in [0.25, 0.3) is 0 Å². The molecule has 0 bridgehead atoms. The Morgan fingerprint density at radius 1 is 1.00 bits per heavy atom. The summed E-state index contributed by atoms with van der Waals surface area (Å²) in [6, 6.07) is 0. The Balaban J connectivity index is 2.32. The number of amides is 2. The van der Waals surface area contributed by atoms with E-state index in [-0.39, 0.29) is 42.5 Å². The predicted octanol–water partition coefficient (Wildman–Crippen LogP) is 3.73. The van der Waals surface area contributed by atoms with Crippen LogP contribution in [0.2, 0.25) is 0 Å². The molecule has 0 aliphatic carbocycles. The molecule has 0 aliphatic rings. The smallest absolute Gasteiger partial charge is 0.427 e. The summed E-state index contributed by atoms with van der Waals surface area (Å²) in [4.78, 5) is 45.1. The summed E-state index contributed by atoms with van der Waals surface area (Å²) < 4.78 is 28.1. The third-order valence-corrected chi connectivity index (χ3v) is 4.02. The van der Waals surface area contributed by atoms with Gasteiger partial charge in [-0.2, -0.15) is 14.7 Å². The van der Waals surface area contributed by atoms with Crippen molar-refractivity contribution in [2.24, 2.45) is 0 Å². The van der Waals surface area contributed by atoms with E-state index in [1.54, 1.807) is 41.5 Å². The second kappa shape index (κ2) is 12.2. The molecule has 0 saturated heterocycles. The number of hydrogen-bond acceptors (Lipinski definition) is 11. The maximum Gasteiger partial charge on any atom is 0.427 e. The van der Waals surface area contributed by atoms with Gasteiger partial charge in [0.1, 0.15) is 30.9 Å². The summed E-state index contributed by atoms with van der Waals surface area (Å²) in [6.45, 7) is 14.8. The van der Waals surface area contributed by atoms with Gasteiger partial charge in [-0.15, -0.1) is 4.90 Å². The number of aromatic nitrogens is 4. The highest BCUT2D eigenvalue weighted by atomic mass is 16.7. The van der Waals surface area contributed by atoms with Crippen LogP contribution >= 0.6 is 0 Å². The molecule has 13 nitrogen and oxygen atoms in total. The van der Waals surface area contributed by atoms with Crippen molar-refractivity contribution in [3.8, 4) is 5.88 Å². The fraction of sp³-hybridized carbons (Fsp3) is 0.696. The minimum atomic E-state index is -1.01. The maximum absolute atomic E-state index is 13.0. The van der Waals surface area contributed by atoms with E-state index < -0.39 is 23.4 Å². The van der Waals surface area contributed by atoms with Gasteiger partial charge in [-0.05, 0) is 55.4 Å². The molecule has 2 aromatic heterocycles. The third kappa shape index (κ3) is 8.79. The van der Waals surface area contributed by atoms with Crippen molar-refractivity contribution in [2.45, 2.75) is 79.1 Å². The molecule has 0 aromatic carbocycles. The lowest BCUT2D eigenvalue weighted by Gasteiger charge is -2.27. The molecule has 0 saturated carbocycles. The summed E-state index contributed by atoms with van der Waals surface area (Å²) in [5.74, 6) is -0.286. The first kappa shape index (κ1) is 29.0. The van der Waals surface area contributed by atoms with E-state index in [4.69, 9.17) is 28.5 Å². The monoisotopic (exact) mass is 511 g/mol. The Labute approximate surface area is 210 Å². The molecule has 202 valence electrons. The van der Waals surface area contributed by atoms with Crippen molar-refractivity contribution < 1.29 is 38.1 Å². The molecular formula is C23H37N5O8. The van der Waals surface area contributed by atoms with E-state index in [1.807, 2.05) is 13.8 Å². The largest absolute Gasteiger partial charge is 0.479 e. The number of carbonyl (C=O) groups is 2. The van der Waals surface area contributed by atoms with Crippen LogP contribution in [-0.2, 0) is 18.9 Å². The second-order valence-electron chi connectivity index (χ2n) is 10.00. The van der Waals surface area contributed by atoms with Crippen molar-refractivity contribution in [3.63, 3.8) is 0 Å². The number of imidazole rings is 1. The first-order valence-electron chi connectivity index (χ1n) is 11.6. The Hall–Kier alpha value is -3.19. The molecule has 0 aliphatic heterocycles. The molecule has 2 aromatic rings. The number of anilines is 1.